The van der Waals surface area contributed by atoms with Crippen molar-refractivity contribution >= 4 is 21.6 Å². The molecule has 26 heavy (non-hydrogen) atoms. The highest BCUT2D eigenvalue weighted by Crippen LogP contribution is 2.17. The summed E-state index contributed by atoms with van der Waals surface area (Å²) in [5, 5.41) is 6.00. The minimum Gasteiger partial charge on any atom is -0.350 e. The second kappa shape index (κ2) is 8.82. The molecule has 1 amide bonds. The lowest BCUT2D eigenvalue weighted by Crippen LogP contribution is -2.38. The van der Waals surface area contributed by atoms with Crippen molar-refractivity contribution in [2.75, 3.05) is 17.8 Å². The van der Waals surface area contributed by atoms with Gasteiger partial charge in [-0.25, -0.2) is 8.42 Å². The van der Waals surface area contributed by atoms with Crippen LogP contribution in [0.15, 0.2) is 53.4 Å². The van der Waals surface area contributed by atoms with Crippen LogP contribution in [0.3, 0.4) is 0 Å². The highest BCUT2D eigenvalue weighted by atomic mass is 32.2. The van der Waals surface area contributed by atoms with Gasteiger partial charge in [-0.2, -0.15) is 0 Å². The van der Waals surface area contributed by atoms with Crippen LogP contribution in [0.1, 0.15) is 29.8 Å². The van der Waals surface area contributed by atoms with Crippen LogP contribution < -0.4 is 15.4 Å². The van der Waals surface area contributed by atoms with Crippen LogP contribution in [0.4, 0.5) is 5.69 Å². The molecule has 2 rings (SSSR count). The molecule has 0 radical (unpaired) electrons. The van der Waals surface area contributed by atoms with Crippen molar-refractivity contribution in [2.24, 2.45) is 0 Å². The second-order valence-corrected chi connectivity index (χ2v) is 7.85. The van der Waals surface area contributed by atoms with Crippen LogP contribution in [-0.4, -0.2) is 33.5 Å². The number of benzene rings is 2. The number of hydrogen-bond donors (Lipinski definition) is 3. The number of amides is 1. The molecule has 0 saturated carbocycles. The molecule has 0 unspecified atom stereocenters. The lowest BCUT2D eigenvalue weighted by molar-refractivity contribution is 0.0950. The van der Waals surface area contributed by atoms with E-state index in [4.69, 9.17) is 0 Å². The highest BCUT2D eigenvalue weighted by molar-refractivity contribution is 7.92. The number of sulfonamides is 1. The molecule has 0 spiro atoms. The Labute approximate surface area is 155 Å². The van der Waals surface area contributed by atoms with E-state index in [2.05, 4.69) is 15.4 Å². The van der Waals surface area contributed by atoms with Gasteiger partial charge in [-0.1, -0.05) is 30.7 Å². The molecule has 2 aromatic carbocycles. The van der Waals surface area contributed by atoms with Gasteiger partial charge in [-0.3, -0.25) is 9.52 Å². The van der Waals surface area contributed by atoms with E-state index in [1.165, 1.54) is 12.1 Å². The van der Waals surface area contributed by atoms with Crippen molar-refractivity contribution < 1.29 is 13.2 Å². The summed E-state index contributed by atoms with van der Waals surface area (Å²) < 4.78 is 27.6. The van der Waals surface area contributed by atoms with Gasteiger partial charge in [0.2, 0.25) is 0 Å². The number of anilines is 1. The minimum absolute atomic E-state index is 0.0467. The molecule has 0 aromatic heterocycles. The van der Waals surface area contributed by atoms with Crippen LogP contribution in [-0.2, 0) is 10.0 Å². The Morgan fingerprint density at radius 1 is 1.12 bits per heavy atom. The first-order valence-electron chi connectivity index (χ1n) is 8.53. The van der Waals surface area contributed by atoms with E-state index in [1.54, 1.807) is 24.3 Å². The maximum absolute atomic E-state index is 12.6. The van der Waals surface area contributed by atoms with Gasteiger partial charge >= 0.3 is 0 Å². The standard InChI is InChI=1S/C19H25N3O3S/c1-4-20-15(3)13-21-19(23)16-6-5-7-18(12-16)26(24,25)22-17-10-8-14(2)9-11-17/h5-12,15,20,22H,4,13H2,1-3H3,(H,21,23)/t15-/m1/s1. The fourth-order valence-corrected chi connectivity index (χ4v) is 3.51. The molecule has 0 fully saturated rings. The topological polar surface area (TPSA) is 87.3 Å². The second-order valence-electron chi connectivity index (χ2n) is 6.17. The van der Waals surface area contributed by atoms with Crippen LogP contribution in [0, 0.1) is 6.92 Å². The fraction of sp³-hybridized carbons (Fsp3) is 0.316. The summed E-state index contributed by atoms with van der Waals surface area (Å²) in [4.78, 5) is 12.3. The van der Waals surface area contributed by atoms with Crippen molar-refractivity contribution in [3.8, 4) is 0 Å². The van der Waals surface area contributed by atoms with Gasteiger partial charge < -0.3 is 10.6 Å². The monoisotopic (exact) mass is 375 g/mol. The number of nitrogens with one attached hydrogen (secondary N) is 3. The molecular formula is C19H25N3O3S. The molecule has 0 aliphatic heterocycles. The molecule has 0 saturated heterocycles. The van der Waals surface area contributed by atoms with Gasteiger partial charge in [-0.05, 0) is 50.7 Å². The SMILES string of the molecule is CCN[C@H](C)CNC(=O)c1cccc(S(=O)(=O)Nc2ccc(C)cc2)c1. The summed E-state index contributed by atoms with van der Waals surface area (Å²) in [5.41, 5.74) is 1.82. The Balaban J connectivity index is 2.11. The smallest absolute Gasteiger partial charge is 0.261 e. The van der Waals surface area contributed by atoms with Crippen molar-refractivity contribution in [1.82, 2.24) is 10.6 Å². The molecule has 0 aliphatic rings. The molecule has 0 aliphatic carbocycles. The molecule has 7 heteroatoms. The van der Waals surface area contributed by atoms with Gasteiger partial charge in [0.1, 0.15) is 0 Å². The highest BCUT2D eigenvalue weighted by Gasteiger charge is 2.16. The number of aryl methyl sites for hydroxylation is 1. The summed E-state index contributed by atoms with van der Waals surface area (Å²) in [7, 11) is -3.76. The van der Waals surface area contributed by atoms with Crippen LogP contribution in [0.5, 0.6) is 0 Å². The van der Waals surface area contributed by atoms with Crippen molar-refractivity contribution in [1.29, 1.82) is 0 Å². The third kappa shape index (κ3) is 5.57. The Hall–Kier alpha value is -2.38. The van der Waals surface area contributed by atoms with Crippen molar-refractivity contribution in [3.05, 3.63) is 59.7 Å². The Morgan fingerprint density at radius 2 is 1.81 bits per heavy atom. The predicted molar refractivity (Wildman–Crippen MR) is 104 cm³/mol. The predicted octanol–water partition coefficient (Wildman–Crippen LogP) is 2.52. The maximum Gasteiger partial charge on any atom is 0.261 e. The molecule has 0 bridgehead atoms. The molecule has 2 aromatic rings. The van der Waals surface area contributed by atoms with Crippen molar-refractivity contribution in [3.63, 3.8) is 0 Å². The molecular weight excluding hydrogens is 350 g/mol. The largest absolute Gasteiger partial charge is 0.350 e. The average Bonchev–Trinajstić information content (AvgIpc) is 2.62. The number of carbonyl (C=O) groups is 1. The van der Waals surface area contributed by atoms with E-state index in [9.17, 15) is 13.2 Å². The zero-order valence-corrected chi connectivity index (χ0v) is 16.1. The van der Waals surface area contributed by atoms with E-state index in [0.717, 1.165) is 12.1 Å². The Kier molecular flexibility index (Phi) is 6.76. The van der Waals surface area contributed by atoms with Gasteiger partial charge in [0.25, 0.3) is 15.9 Å². The van der Waals surface area contributed by atoms with E-state index in [-0.39, 0.29) is 16.8 Å². The maximum atomic E-state index is 12.6. The third-order valence-electron chi connectivity index (χ3n) is 3.83. The number of carbonyl (C=O) groups excluding carboxylic acids is 1. The van der Waals surface area contributed by atoms with Crippen molar-refractivity contribution in [2.45, 2.75) is 31.7 Å². The van der Waals surface area contributed by atoms with E-state index < -0.39 is 10.0 Å². The van der Waals surface area contributed by atoms with Gasteiger partial charge in [-0.15, -0.1) is 0 Å². The Morgan fingerprint density at radius 3 is 2.46 bits per heavy atom. The molecule has 140 valence electrons. The van der Waals surface area contributed by atoms with Crippen LogP contribution in [0.25, 0.3) is 0 Å². The van der Waals surface area contributed by atoms with Gasteiger partial charge in [0.15, 0.2) is 0 Å². The first-order valence-corrected chi connectivity index (χ1v) is 10.0. The summed E-state index contributed by atoms with van der Waals surface area (Å²) in [6.07, 6.45) is 0. The van der Waals surface area contributed by atoms with E-state index in [0.29, 0.717) is 17.8 Å². The molecule has 3 N–H and O–H groups in total. The zero-order valence-electron chi connectivity index (χ0n) is 15.2. The van der Waals surface area contributed by atoms with Crippen LogP contribution in [0.2, 0.25) is 0 Å². The number of rotatable bonds is 8. The van der Waals surface area contributed by atoms with E-state index >= 15 is 0 Å². The van der Waals surface area contributed by atoms with Gasteiger partial charge in [0, 0.05) is 23.8 Å². The third-order valence-corrected chi connectivity index (χ3v) is 5.21. The zero-order chi connectivity index (χ0) is 19.2. The normalized spacial score (nSPS) is 12.4. The van der Waals surface area contributed by atoms with Crippen LogP contribution >= 0.6 is 0 Å². The first kappa shape index (κ1) is 19.9. The summed E-state index contributed by atoms with van der Waals surface area (Å²) in [6.45, 7) is 7.17. The summed E-state index contributed by atoms with van der Waals surface area (Å²) in [6, 6.07) is 13.2. The lowest BCUT2D eigenvalue weighted by atomic mass is 10.2. The number of likely N-dealkylation sites (N-methyl/N-ethyl adjacent to an activating group) is 1. The molecule has 1 atom stereocenters. The molecule has 0 heterocycles. The first-order chi connectivity index (χ1) is 12.3. The summed E-state index contributed by atoms with van der Waals surface area (Å²) >= 11 is 0. The number of hydrogen-bond acceptors (Lipinski definition) is 4. The average molecular weight is 375 g/mol. The van der Waals surface area contributed by atoms with E-state index in [1.807, 2.05) is 32.9 Å². The minimum atomic E-state index is -3.76. The van der Waals surface area contributed by atoms with Gasteiger partial charge in [0.05, 0.1) is 4.90 Å². The summed E-state index contributed by atoms with van der Waals surface area (Å²) in [5.74, 6) is -0.304. The fourth-order valence-electron chi connectivity index (χ4n) is 2.41. The molecule has 6 nitrogen and oxygen atoms in total. The lowest BCUT2D eigenvalue weighted by Gasteiger charge is -2.14. The Bertz CT molecular complexity index is 849. The quantitative estimate of drug-likeness (QED) is 0.662.